The van der Waals surface area contributed by atoms with Crippen molar-refractivity contribution >= 4 is 40.5 Å². The molecule has 0 N–H and O–H groups in total. The predicted octanol–water partition coefficient (Wildman–Crippen LogP) is 6.89. The van der Waals surface area contributed by atoms with Crippen molar-refractivity contribution in [3.8, 4) is 5.75 Å². The summed E-state index contributed by atoms with van der Waals surface area (Å²) in [5.41, 5.74) is 3.94. The van der Waals surface area contributed by atoms with Crippen molar-refractivity contribution in [2.75, 3.05) is 0 Å². The minimum atomic E-state index is -0.405. The van der Waals surface area contributed by atoms with Gasteiger partial charge in [0.15, 0.2) is 0 Å². The Bertz CT molecular complexity index is 1080. The summed E-state index contributed by atoms with van der Waals surface area (Å²) in [6.07, 6.45) is 0.344. The normalized spacial score (nSPS) is 20.2. The second-order valence-electron chi connectivity index (χ2n) is 6.83. The Morgan fingerprint density at radius 1 is 0.857 bits per heavy atom. The van der Waals surface area contributed by atoms with E-state index >= 15 is 0 Å². The molecule has 3 aromatic rings. The summed E-state index contributed by atoms with van der Waals surface area (Å²) in [5.74, 6) is 0.808. The van der Waals surface area contributed by atoms with Gasteiger partial charge < -0.3 is 4.74 Å². The number of rotatable bonds is 2. The van der Waals surface area contributed by atoms with E-state index in [4.69, 9.17) is 44.6 Å². The molecule has 3 nitrogen and oxygen atoms in total. The van der Waals surface area contributed by atoms with E-state index in [9.17, 15) is 0 Å². The first-order valence-electron chi connectivity index (χ1n) is 8.92. The summed E-state index contributed by atoms with van der Waals surface area (Å²) in [5, 5.41) is 8.94. The molecule has 0 bridgehead atoms. The Kier molecular flexibility index (Phi) is 4.47. The lowest BCUT2D eigenvalue weighted by molar-refractivity contribution is -0.0189. The van der Waals surface area contributed by atoms with Crippen LogP contribution in [0, 0.1) is 0 Å². The Labute approximate surface area is 178 Å². The zero-order valence-electron chi connectivity index (χ0n) is 14.6. The molecule has 0 saturated heterocycles. The molecule has 2 unspecified atom stereocenters. The first-order valence-corrected chi connectivity index (χ1v) is 10.1. The molecule has 2 aliphatic heterocycles. The highest BCUT2D eigenvalue weighted by Gasteiger charge is 2.41. The van der Waals surface area contributed by atoms with Gasteiger partial charge in [-0.05, 0) is 42.0 Å². The average Bonchev–Trinajstić information content (AvgIpc) is 3.14. The molecule has 140 valence electrons. The van der Waals surface area contributed by atoms with E-state index in [-0.39, 0.29) is 6.04 Å². The highest BCUT2D eigenvalue weighted by atomic mass is 35.5. The number of hydrogen-bond donors (Lipinski definition) is 0. The van der Waals surface area contributed by atoms with Crippen LogP contribution < -0.4 is 4.74 Å². The molecule has 0 fully saturated rings. The summed E-state index contributed by atoms with van der Waals surface area (Å²) < 4.78 is 6.33. The third-order valence-corrected chi connectivity index (χ3v) is 5.93. The lowest BCUT2D eigenvalue weighted by Crippen LogP contribution is -2.33. The van der Waals surface area contributed by atoms with Crippen LogP contribution in [0.25, 0.3) is 0 Å². The Morgan fingerprint density at radius 2 is 1.61 bits per heavy atom. The second kappa shape index (κ2) is 7.00. The van der Waals surface area contributed by atoms with Gasteiger partial charge in [0.05, 0.1) is 11.8 Å². The van der Waals surface area contributed by atoms with Crippen LogP contribution in [0.4, 0.5) is 0 Å². The Hall–Kier alpha value is -2.20. The molecular formula is C22H15Cl3N2O. The van der Waals surface area contributed by atoms with Crippen LogP contribution in [0.5, 0.6) is 5.75 Å². The summed E-state index contributed by atoms with van der Waals surface area (Å²) >= 11 is 18.8. The van der Waals surface area contributed by atoms with Gasteiger partial charge in [0.25, 0.3) is 0 Å². The molecular weight excluding hydrogens is 415 g/mol. The molecule has 28 heavy (non-hydrogen) atoms. The summed E-state index contributed by atoms with van der Waals surface area (Å²) in [4.78, 5) is 0. The molecule has 0 aliphatic carbocycles. The molecule has 0 radical (unpaired) electrons. The molecule has 2 aliphatic rings. The molecule has 0 amide bonds. The van der Waals surface area contributed by atoms with Gasteiger partial charge in [-0.2, -0.15) is 5.10 Å². The number of fused-ring (bicyclic) bond motifs is 3. The first-order chi connectivity index (χ1) is 13.6. The fourth-order valence-electron chi connectivity index (χ4n) is 3.76. The maximum atomic E-state index is 6.48. The average molecular weight is 430 g/mol. The smallest absolute Gasteiger partial charge is 0.215 e. The zero-order chi connectivity index (χ0) is 19.3. The summed E-state index contributed by atoms with van der Waals surface area (Å²) in [6, 6.07) is 21.2. The summed E-state index contributed by atoms with van der Waals surface area (Å²) in [6.45, 7) is 0. The largest absolute Gasteiger partial charge is 0.464 e. The molecule has 2 heterocycles. The highest BCUT2D eigenvalue weighted by Crippen LogP contribution is 2.49. The van der Waals surface area contributed by atoms with Crippen molar-refractivity contribution in [2.45, 2.75) is 18.7 Å². The monoisotopic (exact) mass is 428 g/mol. The van der Waals surface area contributed by atoms with Gasteiger partial charge in [0, 0.05) is 32.6 Å². The van der Waals surface area contributed by atoms with Crippen molar-refractivity contribution in [1.29, 1.82) is 0 Å². The lowest BCUT2D eigenvalue weighted by atomic mass is 9.96. The van der Waals surface area contributed by atoms with Crippen molar-refractivity contribution in [3.05, 3.63) is 98.5 Å². The van der Waals surface area contributed by atoms with E-state index in [1.807, 2.05) is 71.7 Å². The standard InChI is InChI=1S/C22H15Cl3N2O/c23-14-7-5-13(6-8-14)19-12-20-17-11-15(24)9-10-21(17)28-22(27(20)26-19)16-3-1-2-4-18(16)25/h1-11,20,22H,12H2. The Balaban J connectivity index is 1.62. The molecule has 0 spiro atoms. The number of nitrogens with zero attached hydrogens (tertiary/aromatic N) is 2. The van der Waals surface area contributed by atoms with E-state index in [2.05, 4.69) is 0 Å². The number of hydrazone groups is 1. The van der Waals surface area contributed by atoms with Crippen molar-refractivity contribution in [1.82, 2.24) is 5.01 Å². The topological polar surface area (TPSA) is 24.8 Å². The zero-order valence-corrected chi connectivity index (χ0v) is 16.9. The first kappa shape index (κ1) is 17.9. The molecule has 0 saturated carbocycles. The minimum absolute atomic E-state index is 0.0226. The van der Waals surface area contributed by atoms with Crippen LogP contribution in [-0.4, -0.2) is 10.7 Å². The minimum Gasteiger partial charge on any atom is -0.464 e. The van der Waals surface area contributed by atoms with Gasteiger partial charge in [-0.1, -0.05) is 65.1 Å². The van der Waals surface area contributed by atoms with Crippen molar-refractivity contribution in [3.63, 3.8) is 0 Å². The number of halogens is 3. The number of ether oxygens (including phenoxy) is 1. The van der Waals surface area contributed by atoms with E-state index in [1.165, 1.54) is 0 Å². The quantitative estimate of drug-likeness (QED) is 0.443. The van der Waals surface area contributed by atoms with Crippen LogP contribution in [-0.2, 0) is 0 Å². The number of hydrogen-bond acceptors (Lipinski definition) is 3. The van der Waals surface area contributed by atoms with Crippen molar-refractivity contribution < 1.29 is 4.74 Å². The predicted molar refractivity (Wildman–Crippen MR) is 113 cm³/mol. The van der Waals surface area contributed by atoms with E-state index in [1.54, 1.807) is 0 Å². The van der Waals surface area contributed by atoms with Crippen LogP contribution in [0.2, 0.25) is 15.1 Å². The molecule has 0 aromatic heterocycles. The van der Waals surface area contributed by atoms with Gasteiger partial charge in [-0.25, -0.2) is 5.01 Å². The Morgan fingerprint density at radius 3 is 2.39 bits per heavy atom. The second-order valence-corrected chi connectivity index (χ2v) is 8.11. The van der Waals surface area contributed by atoms with Crippen LogP contribution in [0.1, 0.15) is 35.4 Å². The molecule has 2 atom stereocenters. The third kappa shape index (κ3) is 3.04. The van der Waals surface area contributed by atoms with Gasteiger partial charge in [-0.3, -0.25) is 0 Å². The van der Waals surface area contributed by atoms with E-state index in [0.717, 1.165) is 34.6 Å². The third-order valence-electron chi connectivity index (χ3n) is 5.10. The van der Waals surface area contributed by atoms with E-state index < -0.39 is 6.23 Å². The van der Waals surface area contributed by atoms with Crippen molar-refractivity contribution in [2.24, 2.45) is 5.10 Å². The van der Waals surface area contributed by atoms with E-state index in [0.29, 0.717) is 15.1 Å². The van der Waals surface area contributed by atoms with Gasteiger partial charge in [-0.15, -0.1) is 0 Å². The van der Waals surface area contributed by atoms with Crippen LogP contribution >= 0.6 is 34.8 Å². The fraction of sp³-hybridized carbons (Fsp3) is 0.136. The lowest BCUT2D eigenvalue weighted by Gasteiger charge is -2.38. The maximum Gasteiger partial charge on any atom is 0.215 e. The van der Waals surface area contributed by atoms with Gasteiger partial charge in [0.2, 0.25) is 6.23 Å². The molecule has 5 rings (SSSR count). The van der Waals surface area contributed by atoms with Gasteiger partial charge >= 0.3 is 0 Å². The SMILES string of the molecule is Clc1ccc(C2=NN3C(C2)c2cc(Cl)ccc2OC3c2ccccc2Cl)cc1. The van der Waals surface area contributed by atoms with Crippen LogP contribution in [0.15, 0.2) is 71.8 Å². The van der Waals surface area contributed by atoms with Gasteiger partial charge in [0.1, 0.15) is 5.75 Å². The molecule has 3 aromatic carbocycles. The molecule has 6 heteroatoms. The fourth-order valence-corrected chi connectivity index (χ4v) is 4.29. The highest BCUT2D eigenvalue weighted by molar-refractivity contribution is 6.31. The van der Waals surface area contributed by atoms with Crippen LogP contribution in [0.3, 0.4) is 0 Å². The number of benzene rings is 3. The summed E-state index contributed by atoms with van der Waals surface area (Å²) in [7, 11) is 0. The maximum absolute atomic E-state index is 6.48.